The molecular weight excluding hydrogens is 297 g/mol. The lowest BCUT2D eigenvalue weighted by Crippen LogP contribution is -2.31. The van der Waals surface area contributed by atoms with Gasteiger partial charge in [0.05, 0.1) is 0 Å². The maximum atomic E-state index is 13.1. The van der Waals surface area contributed by atoms with Crippen molar-refractivity contribution in [1.29, 1.82) is 0 Å². The standard InChI is InChI=1S/C14H17BrFNO/c1-9-7-10(5-6-13(9)16)14(18)17-8-11-3-2-4-12(11)15/h5-7,11-12H,2-4,8H2,1H3,(H,17,18). The number of aryl methyl sites for hydroxylation is 1. The van der Waals surface area contributed by atoms with Gasteiger partial charge in [-0.15, -0.1) is 0 Å². The van der Waals surface area contributed by atoms with Crippen LogP contribution in [-0.2, 0) is 0 Å². The van der Waals surface area contributed by atoms with E-state index in [4.69, 9.17) is 0 Å². The first-order chi connectivity index (χ1) is 8.58. The van der Waals surface area contributed by atoms with E-state index < -0.39 is 0 Å². The number of carbonyl (C=O) groups excluding carboxylic acids is 1. The fourth-order valence-electron chi connectivity index (χ4n) is 2.33. The molecule has 18 heavy (non-hydrogen) atoms. The number of carbonyl (C=O) groups is 1. The van der Waals surface area contributed by atoms with E-state index in [0.29, 0.717) is 28.4 Å². The molecule has 0 bridgehead atoms. The number of amides is 1. The molecule has 0 radical (unpaired) electrons. The highest BCUT2D eigenvalue weighted by Gasteiger charge is 2.25. The van der Waals surface area contributed by atoms with Gasteiger partial charge in [-0.25, -0.2) is 4.39 Å². The number of rotatable bonds is 3. The molecule has 2 nitrogen and oxygen atoms in total. The maximum absolute atomic E-state index is 13.1. The third-order valence-electron chi connectivity index (χ3n) is 3.51. The summed E-state index contributed by atoms with van der Waals surface area (Å²) in [6.07, 6.45) is 3.54. The zero-order valence-electron chi connectivity index (χ0n) is 10.4. The summed E-state index contributed by atoms with van der Waals surface area (Å²) in [6, 6.07) is 4.45. The molecule has 1 amide bonds. The van der Waals surface area contributed by atoms with Crippen LogP contribution < -0.4 is 5.32 Å². The zero-order valence-corrected chi connectivity index (χ0v) is 12.0. The lowest BCUT2D eigenvalue weighted by molar-refractivity contribution is 0.0947. The van der Waals surface area contributed by atoms with Crippen LogP contribution in [0.1, 0.15) is 35.2 Å². The minimum Gasteiger partial charge on any atom is -0.352 e. The van der Waals surface area contributed by atoms with Crippen molar-refractivity contribution in [1.82, 2.24) is 5.32 Å². The van der Waals surface area contributed by atoms with Gasteiger partial charge in [0.25, 0.3) is 5.91 Å². The fraction of sp³-hybridized carbons (Fsp3) is 0.500. The summed E-state index contributed by atoms with van der Waals surface area (Å²) < 4.78 is 13.1. The maximum Gasteiger partial charge on any atom is 0.251 e. The molecule has 0 aliphatic heterocycles. The van der Waals surface area contributed by atoms with E-state index >= 15 is 0 Å². The Morgan fingerprint density at radius 2 is 2.28 bits per heavy atom. The molecule has 0 spiro atoms. The van der Waals surface area contributed by atoms with E-state index in [-0.39, 0.29) is 11.7 Å². The van der Waals surface area contributed by atoms with Crippen LogP contribution in [0.3, 0.4) is 0 Å². The lowest BCUT2D eigenvalue weighted by atomic mass is 10.1. The van der Waals surface area contributed by atoms with Crippen LogP contribution in [0.5, 0.6) is 0 Å². The van der Waals surface area contributed by atoms with Gasteiger partial charge in [-0.05, 0) is 49.4 Å². The van der Waals surface area contributed by atoms with Crippen LogP contribution in [-0.4, -0.2) is 17.3 Å². The van der Waals surface area contributed by atoms with Gasteiger partial charge >= 0.3 is 0 Å². The van der Waals surface area contributed by atoms with Crippen molar-refractivity contribution in [3.05, 3.63) is 35.1 Å². The monoisotopic (exact) mass is 313 g/mol. The van der Waals surface area contributed by atoms with Crippen LogP contribution in [0.2, 0.25) is 0 Å². The Morgan fingerprint density at radius 1 is 1.50 bits per heavy atom. The molecule has 1 N–H and O–H groups in total. The highest BCUT2D eigenvalue weighted by atomic mass is 79.9. The van der Waals surface area contributed by atoms with Crippen LogP contribution in [0.25, 0.3) is 0 Å². The average molecular weight is 314 g/mol. The molecular formula is C14H17BrFNO. The number of hydrogen-bond donors (Lipinski definition) is 1. The molecule has 0 saturated heterocycles. The molecule has 1 fully saturated rings. The molecule has 1 aliphatic carbocycles. The SMILES string of the molecule is Cc1cc(C(=O)NCC2CCCC2Br)ccc1F. The molecule has 2 atom stereocenters. The van der Waals surface area contributed by atoms with Crippen LogP contribution in [0.15, 0.2) is 18.2 Å². The molecule has 98 valence electrons. The number of halogens is 2. The van der Waals surface area contributed by atoms with E-state index in [1.165, 1.54) is 25.0 Å². The second kappa shape index (κ2) is 5.83. The van der Waals surface area contributed by atoms with E-state index in [9.17, 15) is 9.18 Å². The summed E-state index contributed by atoms with van der Waals surface area (Å²) in [6.45, 7) is 2.35. The normalized spacial score (nSPS) is 23.1. The predicted molar refractivity (Wildman–Crippen MR) is 73.5 cm³/mol. The fourth-order valence-corrected chi connectivity index (χ4v) is 3.11. The minimum atomic E-state index is -0.275. The first kappa shape index (κ1) is 13.5. The van der Waals surface area contributed by atoms with Gasteiger partial charge in [0.15, 0.2) is 0 Å². The van der Waals surface area contributed by atoms with Crippen molar-refractivity contribution in [3.8, 4) is 0 Å². The van der Waals surface area contributed by atoms with Crippen molar-refractivity contribution in [2.75, 3.05) is 6.54 Å². The van der Waals surface area contributed by atoms with Gasteiger partial charge in [0.1, 0.15) is 5.82 Å². The van der Waals surface area contributed by atoms with Crippen molar-refractivity contribution in [3.63, 3.8) is 0 Å². The largest absolute Gasteiger partial charge is 0.352 e. The first-order valence-corrected chi connectivity index (χ1v) is 7.18. The summed E-state index contributed by atoms with van der Waals surface area (Å²) in [5.41, 5.74) is 1.03. The van der Waals surface area contributed by atoms with Crippen molar-refractivity contribution in [2.24, 2.45) is 5.92 Å². The third kappa shape index (κ3) is 3.10. The molecule has 0 aromatic heterocycles. The summed E-state index contributed by atoms with van der Waals surface area (Å²) in [7, 11) is 0. The Labute approximate surface area is 115 Å². The van der Waals surface area contributed by atoms with Crippen LogP contribution in [0.4, 0.5) is 4.39 Å². The van der Waals surface area contributed by atoms with E-state index in [1.54, 1.807) is 13.0 Å². The number of nitrogens with one attached hydrogen (secondary N) is 1. The molecule has 1 aromatic carbocycles. The zero-order chi connectivity index (χ0) is 13.1. The molecule has 0 heterocycles. The van der Waals surface area contributed by atoms with Gasteiger partial charge in [-0.2, -0.15) is 0 Å². The summed E-state index contributed by atoms with van der Waals surface area (Å²) in [5, 5.41) is 2.93. The second-order valence-electron chi connectivity index (χ2n) is 4.88. The van der Waals surface area contributed by atoms with Gasteiger partial charge < -0.3 is 5.32 Å². The van der Waals surface area contributed by atoms with Crippen molar-refractivity contribution >= 4 is 21.8 Å². The summed E-state index contributed by atoms with van der Waals surface area (Å²) in [4.78, 5) is 12.4. The number of benzene rings is 1. The lowest BCUT2D eigenvalue weighted by Gasteiger charge is -2.14. The second-order valence-corrected chi connectivity index (χ2v) is 6.06. The van der Waals surface area contributed by atoms with Gasteiger partial charge in [0.2, 0.25) is 0 Å². The Hall–Kier alpha value is -0.900. The van der Waals surface area contributed by atoms with Gasteiger partial charge in [-0.3, -0.25) is 4.79 Å². The summed E-state index contributed by atoms with van der Waals surface area (Å²) >= 11 is 3.63. The Bertz CT molecular complexity index is 449. The molecule has 2 unspecified atom stereocenters. The van der Waals surface area contributed by atoms with Crippen LogP contribution >= 0.6 is 15.9 Å². The van der Waals surface area contributed by atoms with Crippen molar-refractivity contribution < 1.29 is 9.18 Å². The quantitative estimate of drug-likeness (QED) is 0.851. The topological polar surface area (TPSA) is 29.1 Å². The van der Waals surface area contributed by atoms with E-state index in [0.717, 1.165) is 6.42 Å². The first-order valence-electron chi connectivity index (χ1n) is 6.26. The molecule has 1 aliphatic rings. The van der Waals surface area contributed by atoms with Crippen LogP contribution in [0, 0.1) is 18.7 Å². The summed E-state index contributed by atoms with van der Waals surface area (Å²) in [5.74, 6) is 0.114. The highest BCUT2D eigenvalue weighted by Crippen LogP contribution is 2.30. The molecule has 1 saturated carbocycles. The van der Waals surface area contributed by atoms with Gasteiger partial charge in [-0.1, -0.05) is 22.4 Å². The smallest absolute Gasteiger partial charge is 0.251 e. The average Bonchev–Trinajstić information content (AvgIpc) is 2.75. The molecule has 1 aromatic rings. The van der Waals surface area contributed by atoms with E-state index in [2.05, 4.69) is 21.2 Å². The van der Waals surface area contributed by atoms with Gasteiger partial charge in [0, 0.05) is 16.9 Å². The Morgan fingerprint density at radius 3 is 2.89 bits per heavy atom. The Balaban J connectivity index is 1.93. The third-order valence-corrected chi connectivity index (χ3v) is 4.72. The highest BCUT2D eigenvalue weighted by molar-refractivity contribution is 9.09. The Kier molecular flexibility index (Phi) is 4.38. The molecule has 4 heteroatoms. The predicted octanol–water partition coefficient (Wildman–Crippen LogP) is 3.43. The minimum absolute atomic E-state index is 0.121. The van der Waals surface area contributed by atoms with E-state index in [1.807, 2.05) is 0 Å². The number of alkyl halides is 1. The molecule has 2 rings (SSSR count). The number of hydrogen-bond acceptors (Lipinski definition) is 1. The van der Waals surface area contributed by atoms with Crippen molar-refractivity contribution in [2.45, 2.75) is 31.0 Å².